The minimum absolute atomic E-state index is 0.0605. The number of rotatable bonds is 8. The van der Waals surface area contributed by atoms with Crippen molar-refractivity contribution in [2.24, 2.45) is 5.92 Å². The molecule has 0 atom stereocenters. The van der Waals surface area contributed by atoms with Gasteiger partial charge in [-0.05, 0) is 35.4 Å². The van der Waals surface area contributed by atoms with Gasteiger partial charge in [0.2, 0.25) is 5.91 Å². The van der Waals surface area contributed by atoms with Crippen LogP contribution in [0.25, 0.3) is 10.2 Å². The summed E-state index contributed by atoms with van der Waals surface area (Å²) < 4.78 is 2.21. The normalized spacial score (nSPS) is 11.3. The third-order valence-electron chi connectivity index (χ3n) is 4.19. The van der Waals surface area contributed by atoms with Crippen molar-refractivity contribution in [2.75, 3.05) is 12.3 Å². The Bertz CT molecular complexity index is 1030. The molecule has 0 saturated carbocycles. The number of hydrogen-bond donors (Lipinski definition) is 1. The largest absolute Gasteiger partial charge is 0.355 e. The van der Waals surface area contributed by atoms with E-state index in [1.54, 1.807) is 10.6 Å². The lowest BCUT2D eigenvalue weighted by Crippen LogP contribution is -2.28. The number of nitrogens with one attached hydrogen (secondary N) is 1. The predicted molar refractivity (Wildman–Crippen MR) is 118 cm³/mol. The monoisotopic (exact) mass is 435 g/mol. The first kappa shape index (κ1) is 20.9. The van der Waals surface area contributed by atoms with Gasteiger partial charge in [0.1, 0.15) is 4.70 Å². The lowest BCUT2D eigenvalue weighted by atomic mass is 10.1. The smallest absolute Gasteiger partial charge is 0.272 e. The summed E-state index contributed by atoms with van der Waals surface area (Å²) in [5, 5.41) is 5.89. The van der Waals surface area contributed by atoms with Crippen LogP contribution in [-0.2, 0) is 11.3 Å². The molecule has 0 bridgehead atoms. The Hall–Kier alpha value is -1.83. The summed E-state index contributed by atoms with van der Waals surface area (Å²) in [6, 6.07) is 9.26. The number of carbonyl (C=O) groups is 1. The molecule has 0 aliphatic rings. The van der Waals surface area contributed by atoms with Gasteiger partial charge < -0.3 is 5.32 Å². The maximum Gasteiger partial charge on any atom is 0.272 e. The molecule has 3 aromatic rings. The Morgan fingerprint density at radius 3 is 2.86 bits per heavy atom. The number of benzene rings is 1. The van der Waals surface area contributed by atoms with Crippen LogP contribution in [0.5, 0.6) is 0 Å². The number of amides is 1. The molecule has 0 aliphatic carbocycles. The molecule has 1 amide bonds. The topological polar surface area (TPSA) is 64.0 Å². The fourth-order valence-corrected chi connectivity index (χ4v) is 4.45. The molecular formula is C20H22ClN3O2S2. The second-order valence-corrected chi connectivity index (χ2v) is 9.10. The van der Waals surface area contributed by atoms with Gasteiger partial charge in [-0.25, -0.2) is 4.98 Å². The number of thioether (sulfide) groups is 1. The van der Waals surface area contributed by atoms with Crippen LogP contribution in [0.1, 0.15) is 25.8 Å². The molecule has 1 aromatic carbocycles. The molecule has 0 saturated heterocycles. The third-order valence-corrected chi connectivity index (χ3v) is 6.43. The minimum atomic E-state index is -0.109. The zero-order valence-electron chi connectivity index (χ0n) is 15.8. The highest BCUT2D eigenvalue weighted by atomic mass is 35.5. The van der Waals surface area contributed by atoms with Gasteiger partial charge in [-0.3, -0.25) is 14.2 Å². The molecule has 0 fully saturated rings. The quantitative estimate of drug-likeness (QED) is 0.420. The van der Waals surface area contributed by atoms with Crippen LogP contribution in [-0.4, -0.2) is 27.8 Å². The first-order valence-electron chi connectivity index (χ1n) is 9.06. The predicted octanol–water partition coefficient (Wildman–Crippen LogP) is 4.41. The third kappa shape index (κ3) is 5.16. The summed E-state index contributed by atoms with van der Waals surface area (Å²) >= 11 is 8.93. The zero-order chi connectivity index (χ0) is 20.1. The van der Waals surface area contributed by atoms with Crippen LogP contribution in [0.2, 0.25) is 5.02 Å². The van der Waals surface area contributed by atoms with Crippen LogP contribution in [0, 0.1) is 5.92 Å². The maximum atomic E-state index is 13.0. The van der Waals surface area contributed by atoms with E-state index >= 15 is 0 Å². The summed E-state index contributed by atoms with van der Waals surface area (Å²) in [7, 11) is 0. The van der Waals surface area contributed by atoms with E-state index in [1.165, 1.54) is 23.1 Å². The summed E-state index contributed by atoms with van der Waals surface area (Å²) in [6.07, 6.45) is 0.937. The van der Waals surface area contributed by atoms with Crippen LogP contribution in [0.4, 0.5) is 0 Å². The van der Waals surface area contributed by atoms with E-state index in [0.717, 1.165) is 12.0 Å². The standard InChI is InChI=1S/C20H22ClN3O2S2/c1-13(2)7-9-22-17(25)12-28-20-23-16-8-10-27-18(16)19(26)24(20)11-14-5-3-4-6-15(14)21/h3-6,8,10,13H,7,9,11-12H2,1-2H3,(H,22,25). The Balaban J connectivity index is 1.83. The van der Waals surface area contributed by atoms with Gasteiger partial charge in [-0.2, -0.15) is 0 Å². The summed E-state index contributed by atoms with van der Waals surface area (Å²) in [4.78, 5) is 29.8. The van der Waals surface area contributed by atoms with Crippen LogP contribution < -0.4 is 10.9 Å². The zero-order valence-corrected chi connectivity index (χ0v) is 18.2. The highest BCUT2D eigenvalue weighted by Gasteiger charge is 2.15. The summed E-state index contributed by atoms with van der Waals surface area (Å²) in [5.41, 5.74) is 1.39. The molecule has 0 unspecified atom stereocenters. The Morgan fingerprint density at radius 2 is 2.11 bits per heavy atom. The second kappa shape index (κ2) is 9.58. The molecule has 1 N–H and O–H groups in total. The molecule has 2 heterocycles. The van der Waals surface area contributed by atoms with Crippen molar-refractivity contribution < 1.29 is 4.79 Å². The van der Waals surface area contributed by atoms with E-state index in [4.69, 9.17) is 11.6 Å². The van der Waals surface area contributed by atoms with Gasteiger partial charge in [-0.15, -0.1) is 11.3 Å². The molecule has 0 radical (unpaired) electrons. The summed E-state index contributed by atoms with van der Waals surface area (Å²) in [6.45, 7) is 5.21. The number of thiophene rings is 1. The number of carbonyl (C=O) groups excluding carboxylic acids is 1. The summed E-state index contributed by atoms with van der Waals surface area (Å²) in [5.74, 6) is 0.689. The van der Waals surface area contributed by atoms with Crippen molar-refractivity contribution in [2.45, 2.75) is 32.0 Å². The van der Waals surface area contributed by atoms with Crippen molar-refractivity contribution in [3.63, 3.8) is 0 Å². The van der Waals surface area contributed by atoms with Crippen molar-refractivity contribution in [3.8, 4) is 0 Å². The van der Waals surface area contributed by atoms with Gasteiger partial charge in [0.05, 0.1) is 17.8 Å². The van der Waals surface area contributed by atoms with E-state index in [-0.39, 0.29) is 17.2 Å². The molecule has 0 spiro atoms. The number of halogens is 1. The van der Waals surface area contributed by atoms with Crippen molar-refractivity contribution >= 4 is 50.8 Å². The highest BCUT2D eigenvalue weighted by Crippen LogP contribution is 2.23. The molecule has 0 aliphatic heterocycles. The highest BCUT2D eigenvalue weighted by molar-refractivity contribution is 7.99. The number of fused-ring (bicyclic) bond motifs is 1. The van der Waals surface area contributed by atoms with Gasteiger partial charge in [0.15, 0.2) is 5.16 Å². The van der Waals surface area contributed by atoms with E-state index in [2.05, 4.69) is 24.1 Å². The minimum Gasteiger partial charge on any atom is -0.355 e. The number of aromatic nitrogens is 2. The first-order chi connectivity index (χ1) is 13.5. The Kier molecular flexibility index (Phi) is 7.15. The molecular weight excluding hydrogens is 414 g/mol. The Labute approximate surface area is 177 Å². The van der Waals surface area contributed by atoms with Gasteiger partial charge in [0, 0.05) is 11.6 Å². The molecule has 5 nitrogen and oxygen atoms in total. The first-order valence-corrected chi connectivity index (χ1v) is 11.3. The van der Waals surface area contributed by atoms with Crippen LogP contribution in [0.15, 0.2) is 45.7 Å². The average molecular weight is 436 g/mol. The van der Waals surface area contributed by atoms with Crippen LogP contribution in [0.3, 0.4) is 0 Å². The van der Waals surface area contributed by atoms with Gasteiger partial charge in [-0.1, -0.05) is 55.4 Å². The maximum absolute atomic E-state index is 13.0. The van der Waals surface area contributed by atoms with Crippen molar-refractivity contribution in [3.05, 3.63) is 56.7 Å². The number of hydrogen-bond acceptors (Lipinski definition) is 5. The molecule has 8 heteroatoms. The molecule has 148 valence electrons. The molecule has 2 aromatic heterocycles. The average Bonchev–Trinajstić information content (AvgIpc) is 3.12. The fourth-order valence-electron chi connectivity index (χ4n) is 2.65. The van der Waals surface area contributed by atoms with E-state index in [0.29, 0.717) is 39.4 Å². The SMILES string of the molecule is CC(C)CCNC(=O)CSc1nc2ccsc2c(=O)n1Cc1ccccc1Cl. The fraction of sp³-hybridized carbons (Fsp3) is 0.350. The van der Waals surface area contributed by atoms with E-state index < -0.39 is 0 Å². The second-order valence-electron chi connectivity index (χ2n) is 6.83. The molecule has 28 heavy (non-hydrogen) atoms. The van der Waals surface area contributed by atoms with Gasteiger partial charge >= 0.3 is 0 Å². The number of nitrogens with zero attached hydrogens (tertiary/aromatic N) is 2. The Morgan fingerprint density at radius 1 is 1.32 bits per heavy atom. The van der Waals surface area contributed by atoms with E-state index in [9.17, 15) is 9.59 Å². The van der Waals surface area contributed by atoms with Crippen molar-refractivity contribution in [1.29, 1.82) is 0 Å². The lowest BCUT2D eigenvalue weighted by Gasteiger charge is -2.13. The van der Waals surface area contributed by atoms with Gasteiger partial charge in [0.25, 0.3) is 5.56 Å². The molecule has 3 rings (SSSR count). The van der Waals surface area contributed by atoms with Crippen LogP contribution >= 0.6 is 34.7 Å². The lowest BCUT2D eigenvalue weighted by molar-refractivity contribution is -0.118. The van der Waals surface area contributed by atoms with E-state index in [1.807, 2.05) is 29.6 Å². The van der Waals surface area contributed by atoms with Crippen molar-refractivity contribution in [1.82, 2.24) is 14.9 Å².